The topological polar surface area (TPSA) is 87.7 Å². The van der Waals surface area contributed by atoms with Crippen molar-refractivity contribution in [2.45, 2.75) is 31.8 Å². The Balaban J connectivity index is 1.85. The Kier molecular flexibility index (Phi) is 5.57. The summed E-state index contributed by atoms with van der Waals surface area (Å²) in [6, 6.07) is 6.53. The van der Waals surface area contributed by atoms with Crippen molar-refractivity contribution in [2.75, 3.05) is 18.5 Å². The van der Waals surface area contributed by atoms with Gasteiger partial charge in [0.15, 0.2) is 0 Å². The van der Waals surface area contributed by atoms with E-state index in [0.29, 0.717) is 17.8 Å². The predicted octanol–water partition coefficient (Wildman–Crippen LogP) is 2.00. The molecule has 1 aliphatic rings. The van der Waals surface area contributed by atoms with Crippen LogP contribution in [-0.2, 0) is 16.0 Å². The zero-order valence-corrected chi connectivity index (χ0v) is 11.8. The van der Waals surface area contributed by atoms with E-state index in [-0.39, 0.29) is 18.6 Å². The standard InChI is InChI=1S/C15H20N2O4/c18-14(19)9-11-5-1-2-7-13(11)17-15(20)16-10-12-6-3-4-8-21-12/h1-2,5,7,12H,3-4,6,8-10H2,(H,18,19)(H2,16,17,20). The van der Waals surface area contributed by atoms with Gasteiger partial charge in [0.1, 0.15) is 0 Å². The molecule has 2 rings (SSSR count). The number of aliphatic carboxylic acids is 1. The van der Waals surface area contributed by atoms with E-state index < -0.39 is 5.97 Å². The normalized spacial score (nSPS) is 18.0. The molecular weight excluding hydrogens is 272 g/mol. The molecule has 0 bridgehead atoms. The molecule has 1 aromatic carbocycles. The molecule has 0 spiro atoms. The molecule has 0 aromatic heterocycles. The largest absolute Gasteiger partial charge is 0.481 e. The maximum Gasteiger partial charge on any atom is 0.319 e. The predicted molar refractivity (Wildman–Crippen MR) is 78.4 cm³/mol. The molecule has 1 aromatic rings. The minimum absolute atomic E-state index is 0.0683. The molecule has 0 saturated carbocycles. The molecule has 1 aliphatic heterocycles. The lowest BCUT2D eigenvalue weighted by Gasteiger charge is -2.22. The van der Waals surface area contributed by atoms with Gasteiger partial charge in [-0.3, -0.25) is 4.79 Å². The molecule has 2 amide bonds. The molecule has 6 heteroatoms. The van der Waals surface area contributed by atoms with Gasteiger partial charge in [-0.2, -0.15) is 0 Å². The maximum atomic E-state index is 11.9. The Morgan fingerprint density at radius 1 is 1.29 bits per heavy atom. The van der Waals surface area contributed by atoms with E-state index >= 15 is 0 Å². The number of para-hydroxylation sites is 1. The van der Waals surface area contributed by atoms with Gasteiger partial charge < -0.3 is 20.5 Å². The summed E-state index contributed by atoms with van der Waals surface area (Å²) in [6.07, 6.45) is 3.09. The monoisotopic (exact) mass is 292 g/mol. The van der Waals surface area contributed by atoms with Crippen molar-refractivity contribution in [3.05, 3.63) is 29.8 Å². The van der Waals surface area contributed by atoms with Crippen LogP contribution in [0.2, 0.25) is 0 Å². The summed E-state index contributed by atoms with van der Waals surface area (Å²) < 4.78 is 5.53. The van der Waals surface area contributed by atoms with Crippen molar-refractivity contribution in [3.8, 4) is 0 Å². The van der Waals surface area contributed by atoms with Crippen molar-refractivity contribution >= 4 is 17.7 Å². The van der Waals surface area contributed by atoms with E-state index in [2.05, 4.69) is 10.6 Å². The molecule has 1 unspecified atom stereocenters. The van der Waals surface area contributed by atoms with E-state index in [1.54, 1.807) is 24.3 Å². The van der Waals surface area contributed by atoms with Crippen LogP contribution in [0, 0.1) is 0 Å². The number of carboxylic acid groups (broad SMARTS) is 1. The van der Waals surface area contributed by atoms with Crippen LogP contribution in [0.25, 0.3) is 0 Å². The van der Waals surface area contributed by atoms with Crippen LogP contribution < -0.4 is 10.6 Å². The summed E-state index contributed by atoms with van der Waals surface area (Å²) in [5.74, 6) is -0.930. The first-order chi connectivity index (χ1) is 10.1. The fourth-order valence-electron chi connectivity index (χ4n) is 2.30. The molecule has 1 heterocycles. The van der Waals surface area contributed by atoms with Crippen molar-refractivity contribution in [1.82, 2.24) is 5.32 Å². The number of carbonyl (C=O) groups excluding carboxylic acids is 1. The number of hydrogen-bond donors (Lipinski definition) is 3. The summed E-state index contributed by atoms with van der Waals surface area (Å²) in [4.78, 5) is 22.7. The molecule has 1 atom stereocenters. The lowest BCUT2D eigenvalue weighted by Crippen LogP contribution is -2.37. The minimum Gasteiger partial charge on any atom is -0.481 e. The number of amides is 2. The summed E-state index contributed by atoms with van der Waals surface area (Å²) in [6.45, 7) is 1.21. The smallest absolute Gasteiger partial charge is 0.319 e. The number of nitrogens with one attached hydrogen (secondary N) is 2. The van der Waals surface area contributed by atoms with Crippen LogP contribution in [0.1, 0.15) is 24.8 Å². The lowest BCUT2D eigenvalue weighted by atomic mass is 10.1. The average molecular weight is 292 g/mol. The first-order valence-corrected chi connectivity index (χ1v) is 7.11. The van der Waals surface area contributed by atoms with Gasteiger partial charge in [-0.15, -0.1) is 0 Å². The van der Waals surface area contributed by atoms with Gasteiger partial charge in [-0.05, 0) is 30.9 Å². The average Bonchev–Trinajstić information content (AvgIpc) is 2.48. The third kappa shape index (κ3) is 5.07. The van der Waals surface area contributed by atoms with Gasteiger partial charge >= 0.3 is 12.0 Å². The Morgan fingerprint density at radius 3 is 2.81 bits per heavy atom. The maximum absolute atomic E-state index is 11.9. The molecule has 6 nitrogen and oxygen atoms in total. The Morgan fingerprint density at radius 2 is 2.10 bits per heavy atom. The summed E-state index contributed by atoms with van der Waals surface area (Å²) in [5.41, 5.74) is 1.09. The second kappa shape index (κ2) is 7.64. The number of anilines is 1. The van der Waals surface area contributed by atoms with Crippen molar-refractivity contribution in [1.29, 1.82) is 0 Å². The zero-order valence-electron chi connectivity index (χ0n) is 11.8. The summed E-state index contributed by atoms with van der Waals surface area (Å²) >= 11 is 0. The number of benzene rings is 1. The summed E-state index contributed by atoms with van der Waals surface area (Å²) in [5, 5.41) is 14.3. The van der Waals surface area contributed by atoms with E-state index in [1.165, 1.54) is 0 Å². The number of hydrogen-bond acceptors (Lipinski definition) is 3. The lowest BCUT2D eigenvalue weighted by molar-refractivity contribution is -0.136. The second-order valence-corrected chi connectivity index (χ2v) is 5.05. The third-order valence-corrected chi connectivity index (χ3v) is 3.37. The highest BCUT2D eigenvalue weighted by atomic mass is 16.5. The van der Waals surface area contributed by atoms with Gasteiger partial charge in [-0.25, -0.2) is 4.79 Å². The molecule has 1 saturated heterocycles. The van der Waals surface area contributed by atoms with Gasteiger partial charge in [0.25, 0.3) is 0 Å². The van der Waals surface area contributed by atoms with E-state index in [0.717, 1.165) is 25.9 Å². The van der Waals surface area contributed by atoms with Crippen LogP contribution in [0.5, 0.6) is 0 Å². The number of urea groups is 1. The highest BCUT2D eigenvalue weighted by Gasteiger charge is 2.15. The zero-order chi connectivity index (χ0) is 15.1. The number of ether oxygens (including phenoxy) is 1. The fraction of sp³-hybridized carbons (Fsp3) is 0.467. The molecule has 3 N–H and O–H groups in total. The van der Waals surface area contributed by atoms with Crippen LogP contribution in [0.15, 0.2) is 24.3 Å². The Hall–Kier alpha value is -2.08. The van der Waals surface area contributed by atoms with Crippen LogP contribution in [0.3, 0.4) is 0 Å². The van der Waals surface area contributed by atoms with Crippen LogP contribution in [0.4, 0.5) is 10.5 Å². The van der Waals surface area contributed by atoms with Crippen LogP contribution in [-0.4, -0.2) is 36.4 Å². The third-order valence-electron chi connectivity index (χ3n) is 3.37. The van der Waals surface area contributed by atoms with Gasteiger partial charge in [0.05, 0.1) is 12.5 Å². The Bertz CT molecular complexity index is 498. The number of carboxylic acids is 1. The minimum atomic E-state index is -0.930. The van der Waals surface area contributed by atoms with Crippen molar-refractivity contribution in [2.24, 2.45) is 0 Å². The first-order valence-electron chi connectivity index (χ1n) is 7.11. The molecule has 0 aliphatic carbocycles. The summed E-state index contributed by atoms with van der Waals surface area (Å²) in [7, 11) is 0. The number of rotatable bonds is 5. The van der Waals surface area contributed by atoms with Gasteiger partial charge in [0.2, 0.25) is 0 Å². The van der Waals surface area contributed by atoms with Gasteiger partial charge in [0, 0.05) is 18.8 Å². The van der Waals surface area contributed by atoms with Crippen LogP contribution >= 0.6 is 0 Å². The quantitative estimate of drug-likeness (QED) is 0.774. The Labute approximate surface area is 123 Å². The molecular formula is C15H20N2O4. The SMILES string of the molecule is O=C(O)Cc1ccccc1NC(=O)NCC1CCCCO1. The highest BCUT2D eigenvalue weighted by Crippen LogP contribution is 2.16. The molecule has 1 fully saturated rings. The van der Waals surface area contributed by atoms with Crippen molar-refractivity contribution in [3.63, 3.8) is 0 Å². The van der Waals surface area contributed by atoms with Crippen molar-refractivity contribution < 1.29 is 19.4 Å². The molecule has 0 radical (unpaired) electrons. The second-order valence-electron chi connectivity index (χ2n) is 5.05. The number of carbonyl (C=O) groups is 2. The fourth-order valence-corrected chi connectivity index (χ4v) is 2.30. The van der Waals surface area contributed by atoms with E-state index in [1.807, 2.05) is 0 Å². The van der Waals surface area contributed by atoms with E-state index in [9.17, 15) is 9.59 Å². The first kappa shape index (κ1) is 15.3. The molecule has 114 valence electrons. The van der Waals surface area contributed by atoms with E-state index in [4.69, 9.17) is 9.84 Å². The highest BCUT2D eigenvalue weighted by molar-refractivity contribution is 5.90. The molecule has 21 heavy (non-hydrogen) atoms. The van der Waals surface area contributed by atoms with Gasteiger partial charge in [-0.1, -0.05) is 18.2 Å².